The third kappa shape index (κ3) is 3.73. The maximum absolute atomic E-state index is 11.4. The van der Waals surface area contributed by atoms with Gasteiger partial charge >= 0.3 is 6.09 Å². The summed E-state index contributed by atoms with van der Waals surface area (Å²) in [5, 5.41) is 11.5. The number of alkyl carbamates (subject to hydrolysis) is 1. The van der Waals surface area contributed by atoms with Crippen LogP contribution in [0.25, 0.3) is 0 Å². The van der Waals surface area contributed by atoms with E-state index in [1.54, 1.807) is 0 Å². The molecule has 0 saturated heterocycles. The van der Waals surface area contributed by atoms with Crippen molar-refractivity contribution < 1.29 is 9.53 Å². The first-order chi connectivity index (χ1) is 7.37. The van der Waals surface area contributed by atoms with E-state index in [0.717, 1.165) is 19.3 Å². The van der Waals surface area contributed by atoms with Gasteiger partial charge in [-0.25, -0.2) is 4.79 Å². The summed E-state index contributed by atoms with van der Waals surface area (Å²) in [6.45, 7) is 6.05. The lowest BCUT2D eigenvalue weighted by atomic mass is 9.67. The van der Waals surface area contributed by atoms with E-state index in [0.29, 0.717) is 13.0 Å². The summed E-state index contributed by atoms with van der Waals surface area (Å²) in [5.41, 5.74) is -0.461. The minimum atomic E-state index is -0.466. The summed E-state index contributed by atoms with van der Waals surface area (Å²) in [6, 6.07) is 2.19. The summed E-state index contributed by atoms with van der Waals surface area (Å²) in [5.74, 6) is 0. The third-order valence-electron chi connectivity index (χ3n) is 2.87. The van der Waals surface area contributed by atoms with Crippen LogP contribution >= 0.6 is 0 Å². The molecule has 0 aromatic rings. The van der Waals surface area contributed by atoms with Crippen molar-refractivity contribution in [2.45, 2.75) is 52.1 Å². The van der Waals surface area contributed by atoms with Crippen LogP contribution in [0.15, 0.2) is 0 Å². The minimum absolute atomic E-state index is 0.00561. The molecule has 1 saturated carbocycles. The SMILES string of the molecule is CC(C)(C)OC(=O)NCC1(CC#N)CCC1. The Labute approximate surface area is 97.0 Å². The van der Waals surface area contributed by atoms with Gasteiger partial charge in [0.25, 0.3) is 0 Å². The average Bonchev–Trinajstić information content (AvgIpc) is 2.06. The van der Waals surface area contributed by atoms with Gasteiger partial charge in [0.2, 0.25) is 0 Å². The maximum Gasteiger partial charge on any atom is 0.407 e. The van der Waals surface area contributed by atoms with Gasteiger partial charge in [0.05, 0.1) is 6.07 Å². The summed E-state index contributed by atoms with van der Waals surface area (Å²) >= 11 is 0. The van der Waals surface area contributed by atoms with Gasteiger partial charge < -0.3 is 10.1 Å². The second-order valence-corrected chi connectivity index (χ2v) is 5.54. The highest BCUT2D eigenvalue weighted by atomic mass is 16.6. The second-order valence-electron chi connectivity index (χ2n) is 5.54. The van der Waals surface area contributed by atoms with E-state index < -0.39 is 11.7 Å². The zero-order chi connectivity index (χ0) is 12.2. The van der Waals surface area contributed by atoms with Crippen LogP contribution < -0.4 is 5.32 Å². The molecule has 16 heavy (non-hydrogen) atoms. The lowest BCUT2D eigenvalue weighted by Crippen LogP contribution is -2.43. The number of rotatable bonds is 3. The predicted octanol–water partition coefficient (Wildman–Crippen LogP) is 2.60. The summed E-state index contributed by atoms with van der Waals surface area (Å²) in [6.07, 6.45) is 3.32. The predicted molar refractivity (Wildman–Crippen MR) is 60.8 cm³/mol. The fourth-order valence-electron chi connectivity index (χ4n) is 1.83. The van der Waals surface area contributed by atoms with Crippen molar-refractivity contribution in [1.29, 1.82) is 5.26 Å². The van der Waals surface area contributed by atoms with Gasteiger partial charge in [-0.1, -0.05) is 6.42 Å². The summed E-state index contributed by atoms with van der Waals surface area (Å²) in [4.78, 5) is 11.4. The van der Waals surface area contributed by atoms with E-state index in [1.165, 1.54) is 0 Å². The lowest BCUT2D eigenvalue weighted by molar-refractivity contribution is 0.0456. The van der Waals surface area contributed by atoms with Crippen LogP contribution in [0.2, 0.25) is 0 Å². The van der Waals surface area contributed by atoms with Crippen molar-refractivity contribution in [3.8, 4) is 6.07 Å². The van der Waals surface area contributed by atoms with Crippen LogP contribution in [0.3, 0.4) is 0 Å². The van der Waals surface area contributed by atoms with Gasteiger partial charge in [0, 0.05) is 18.4 Å². The summed E-state index contributed by atoms with van der Waals surface area (Å²) < 4.78 is 5.15. The highest BCUT2D eigenvalue weighted by Crippen LogP contribution is 2.43. The Balaban J connectivity index is 2.34. The Morgan fingerprint density at radius 3 is 2.50 bits per heavy atom. The Morgan fingerprint density at radius 1 is 1.50 bits per heavy atom. The molecule has 90 valence electrons. The van der Waals surface area contributed by atoms with E-state index in [-0.39, 0.29) is 5.41 Å². The van der Waals surface area contributed by atoms with Crippen LogP contribution in [0.5, 0.6) is 0 Å². The van der Waals surface area contributed by atoms with Crippen LogP contribution in [-0.4, -0.2) is 18.2 Å². The van der Waals surface area contributed by atoms with Crippen LogP contribution in [0.4, 0.5) is 4.79 Å². The standard InChI is InChI=1S/C12H20N2O2/c1-11(2,3)16-10(15)14-9-12(7-8-13)5-4-6-12/h4-7,9H2,1-3H3,(H,14,15). The van der Waals surface area contributed by atoms with Gasteiger partial charge in [-0.2, -0.15) is 5.26 Å². The van der Waals surface area contributed by atoms with E-state index in [1.807, 2.05) is 20.8 Å². The maximum atomic E-state index is 11.4. The number of nitrogens with one attached hydrogen (secondary N) is 1. The van der Waals surface area contributed by atoms with Gasteiger partial charge in [-0.15, -0.1) is 0 Å². The molecule has 0 atom stereocenters. The van der Waals surface area contributed by atoms with Gasteiger partial charge in [0.1, 0.15) is 5.60 Å². The van der Waals surface area contributed by atoms with Gasteiger partial charge in [0.15, 0.2) is 0 Å². The zero-order valence-electron chi connectivity index (χ0n) is 10.3. The molecule has 4 heteroatoms. The average molecular weight is 224 g/mol. The molecule has 1 rings (SSSR count). The van der Waals surface area contributed by atoms with Gasteiger partial charge in [-0.3, -0.25) is 0 Å². The number of ether oxygens (including phenoxy) is 1. The molecule has 0 bridgehead atoms. The Kier molecular flexibility index (Phi) is 3.79. The fraction of sp³-hybridized carbons (Fsp3) is 0.833. The van der Waals surface area contributed by atoms with E-state index in [9.17, 15) is 4.79 Å². The molecule has 0 heterocycles. The molecule has 1 N–H and O–H groups in total. The molecule has 0 spiro atoms. The van der Waals surface area contributed by atoms with Crippen LogP contribution in [0, 0.1) is 16.7 Å². The van der Waals surface area contributed by atoms with E-state index in [2.05, 4.69) is 11.4 Å². The topological polar surface area (TPSA) is 62.1 Å². The highest BCUT2D eigenvalue weighted by Gasteiger charge is 2.37. The normalized spacial score (nSPS) is 18.1. The molecular formula is C12H20N2O2. The smallest absolute Gasteiger partial charge is 0.407 e. The fourth-order valence-corrected chi connectivity index (χ4v) is 1.83. The molecule has 0 radical (unpaired) electrons. The lowest BCUT2D eigenvalue weighted by Gasteiger charge is -2.40. The first-order valence-corrected chi connectivity index (χ1v) is 5.71. The number of hydrogen-bond acceptors (Lipinski definition) is 3. The molecule has 1 fully saturated rings. The molecular weight excluding hydrogens is 204 g/mol. The number of hydrogen-bond donors (Lipinski definition) is 1. The molecule has 0 aromatic carbocycles. The number of nitriles is 1. The Morgan fingerprint density at radius 2 is 2.12 bits per heavy atom. The van der Waals surface area contributed by atoms with Crippen molar-refractivity contribution in [3.05, 3.63) is 0 Å². The zero-order valence-corrected chi connectivity index (χ0v) is 10.3. The molecule has 1 aliphatic rings. The first kappa shape index (κ1) is 12.8. The largest absolute Gasteiger partial charge is 0.444 e. The minimum Gasteiger partial charge on any atom is -0.444 e. The van der Waals surface area contributed by atoms with E-state index >= 15 is 0 Å². The third-order valence-corrected chi connectivity index (χ3v) is 2.87. The summed E-state index contributed by atoms with van der Waals surface area (Å²) in [7, 11) is 0. The molecule has 1 aliphatic carbocycles. The Bertz CT molecular complexity index is 295. The van der Waals surface area contributed by atoms with Crippen molar-refractivity contribution in [1.82, 2.24) is 5.32 Å². The number of amides is 1. The van der Waals surface area contributed by atoms with Crippen LogP contribution in [-0.2, 0) is 4.74 Å². The molecule has 1 amide bonds. The van der Waals surface area contributed by atoms with E-state index in [4.69, 9.17) is 10.00 Å². The second kappa shape index (κ2) is 4.73. The monoisotopic (exact) mass is 224 g/mol. The first-order valence-electron chi connectivity index (χ1n) is 5.71. The molecule has 0 aromatic heterocycles. The quantitative estimate of drug-likeness (QED) is 0.801. The highest BCUT2D eigenvalue weighted by molar-refractivity contribution is 5.67. The van der Waals surface area contributed by atoms with Crippen molar-refractivity contribution in [2.24, 2.45) is 5.41 Å². The van der Waals surface area contributed by atoms with Crippen molar-refractivity contribution >= 4 is 6.09 Å². The number of carbonyl (C=O) groups excluding carboxylic acids is 1. The molecule has 0 aliphatic heterocycles. The van der Waals surface area contributed by atoms with Crippen molar-refractivity contribution in [2.75, 3.05) is 6.54 Å². The van der Waals surface area contributed by atoms with Gasteiger partial charge in [-0.05, 0) is 33.6 Å². The number of nitrogens with zero attached hydrogens (tertiary/aromatic N) is 1. The van der Waals surface area contributed by atoms with Crippen molar-refractivity contribution in [3.63, 3.8) is 0 Å². The Hall–Kier alpha value is -1.24. The molecule has 0 unspecified atom stereocenters. The van der Waals surface area contributed by atoms with Crippen LogP contribution in [0.1, 0.15) is 46.5 Å². The molecule has 4 nitrogen and oxygen atoms in total. The number of carbonyl (C=O) groups is 1.